The van der Waals surface area contributed by atoms with Crippen molar-refractivity contribution in [1.29, 1.82) is 0 Å². The Morgan fingerprint density at radius 3 is 2.64 bits per heavy atom. The van der Waals surface area contributed by atoms with Crippen LogP contribution in [0.1, 0.15) is 58.6 Å². The number of ether oxygens (including phenoxy) is 2. The first-order chi connectivity index (χ1) is 28.2. The third-order valence-electron chi connectivity index (χ3n) is 11.9. The third kappa shape index (κ3) is 8.51. The largest absolute Gasteiger partial charge is 0.508 e. The van der Waals surface area contributed by atoms with Crippen LogP contribution in [0.5, 0.6) is 5.75 Å². The number of carbonyl (C=O) groups excluding carboxylic acids is 4. The Morgan fingerprint density at radius 1 is 1.15 bits per heavy atom. The first-order valence-electron chi connectivity index (χ1n) is 20.6. The lowest BCUT2D eigenvalue weighted by molar-refractivity contribution is -0.155. The number of aryl methyl sites for hydroxylation is 1. The average molecular weight is 808 g/mol. The molecule has 3 aliphatic heterocycles. The van der Waals surface area contributed by atoms with Crippen LogP contribution in [0.4, 0.5) is 5.82 Å². The van der Waals surface area contributed by atoms with Gasteiger partial charge in [0.05, 0.1) is 18.4 Å². The molecule has 314 valence electrons. The smallest absolute Gasteiger partial charge is 0.324 e. The summed E-state index contributed by atoms with van der Waals surface area (Å²) >= 11 is 0. The summed E-state index contributed by atoms with van der Waals surface area (Å²) in [6.45, 7) is 12.6. The number of benzene rings is 2. The van der Waals surface area contributed by atoms with Crippen molar-refractivity contribution < 1.29 is 33.8 Å². The van der Waals surface area contributed by atoms with Gasteiger partial charge in [-0.1, -0.05) is 39.8 Å². The van der Waals surface area contributed by atoms with Crippen molar-refractivity contribution in [2.24, 2.45) is 11.3 Å². The number of likely N-dealkylation sites (N-methyl/N-ethyl adjacent to an activating group) is 1. The number of fused-ring (bicyclic) bond motifs is 6. The van der Waals surface area contributed by atoms with Gasteiger partial charge in [-0.05, 0) is 90.8 Å². The van der Waals surface area contributed by atoms with Crippen LogP contribution in [-0.4, -0.2) is 113 Å². The molecule has 14 heteroatoms. The molecule has 2 aromatic carbocycles. The Kier molecular flexibility index (Phi) is 12.0. The standard InChI is InChI=1S/C45H57N7O7/c1-8-51-38-14-13-29-21-34(38)35(40(51)33-11-9-15-46-41(33)50-23-32(24-50)58-7)22-45(4,5)25-59-44(57)36-12-10-16-52(48-36)43(56)37(19-28-17-30(29)20-31(54)18-28)47-42(55)39(27(2)3)49(6)26-53/h9,11,13-15,17-18,20-21,26-27,32,36-37,39,48,54H,8,10,12,16,19,22-25H2,1-7H3,(H,47,55)/t36-,37-,39?/m0/s1. The molecular weight excluding hydrogens is 751 g/mol. The van der Waals surface area contributed by atoms with Gasteiger partial charge in [-0.2, -0.15) is 0 Å². The lowest BCUT2D eigenvalue weighted by Crippen LogP contribution is -2.61. The number of amides is 3. The third-order valence-corrected chi connectivity index (χ3v) is 11.9. The molecule has 2 fully saturated rings. The Morgan fingerprint density at radius 2 is 1.93 bits per heavy atom. The summed E-state index contributed by atoms with van der Waals surface area (Å²) in [5, 5.41) is 16.5. The Labute approximate surface area is 345 Å². The van der Waals surface area contributed by atoms with Gasteiger partial charge in [-0.3, -0.25) is 24.2 Å². The second-order valence-corrected chi connectivity index (χ2v) is 17.3. The van der Waals surface area contributed by atoms with Crippen LogP contribution in [0, 0.1) is 11.3 Å². The van der Waals surface area contributed by atoms with Crippen LogP contribution in [-0.2, 0) is 48.0 Å². The van der Waals surface area contributed by atoms with Gasteiger partial charge in [-0.15, -0.1) is 0 Å². The van der Waals surface area contributed by atoms with Gasteiger partial charge in [0.1, 0.15) is 29.7 Å². The van der Waals surface area contributed by atoms with Crippen LogP contribution < -0.4 is 15.6 Å². The quantitative estimate of drug-likeness (QED) is 0.160. The molecule has 5 heterocycles. The minimum Gasteiger partial charge on any atom is -0.508 e. The number of rotatable bonds is 9. The molecule has 2 aromatic heterocycles. The minimum atomic E-state index is -1.09. The molecule has 2 saturated heterocycles. The predicted octanol–water partition coefficient (Wildman–Crippen LogP) is 4.69. The van der Waals surface area contributed by atoms with E-state index in [-0.39, 0.29) is 30.8 Å². The maximum Gasteiger partial charge on any atom is 0.324 e. The van der Waals surface area contributed by atoms with Gasteiger partial charge in [0.25, 0.3) is 5.91 Å². The molecule has 0 aliphatic carbocycles. The fourth-order valence-electron chi connectivity index (χ4n) is 8.89. The van der Waals surface area contributed by atoms with Crippen molar-refractivity contribution in [1.82, 2.24) is 30.2 Å². The van der Waals surface area contributed by atoms with E-state index in [1.165, 1.54) is 17.0 Å². The predicted molar refractivity (Wildman–Crippen MR) is 225 cm³/mol. The van der Waals surface area contributed by atoms with Crippen molar-refractivity contribution in [2.45, 2.75) is 91.1 Å². The van der Waals surface area contributed by atoms with E-state index in [1.807, 2.05) is 38.2 Å². The molecule has 4 aromatic rings. The average Bonchev–Trinajstić information content (AvgIpc) is 3.49. The molecule has 3 atom stereocenters. The first kappa shape index (κ1) is 41.7. The van der Waals surface area contributed by atoms with E-state index in [0.717, 1.165) is 57.8 Å². The molecule has 7 rings (SSSR count). The van der Waals surface area contributed by atoms with E-state index in [9.17, 15) is 24.3 Å². The number of anilines is 1. The summed E-state index contributed by atoms with van der Waals surface area (Å²) in [5.41, 5.74) is 9.01. The Hall–Kier alpha value is -5.47. The van der Waals surface area contributed by atoms with Crippen molar-refractivity contribution in [3.05, 3.63) is 65.9 Å². The fraction of sp³-hybridized carbons (Fsp3) is 0.489. The number of carbonyl (C=O) groups is 4. The highest BCUT2D eigenvalue weighted by Gasteiger charge is 2.37. The lowest BCUT2D eigenvalue weighted by atomic mass is 9.84. The summed E-state index contributed by atoms with van der Waals surface area (Å²) in [5.74, 6) is -0.720. The molecule has 3 amide bonds. The topological polar surface area (TPSA) is 159 Å². The number of methoxy groups -OCH3 is 1. The van der Waals surface area contributed by atoms with Gasteiger partial charge in [-0.25, -0.2) is 10.4 Å². The van der Waals surface area contributed by atoms with E-state index in [1.54, 1.807) is 19.2 Å². The van der Waals surface area contributed by atoms with E-state index >= 15 is 0 Å². The minimum absolute atomic E-state index is 0.0151. The van der Waals surface area contributed by atoms with Crippen molar-refractivity contribution in [3.63, 3.8) is 0 Å². The number of phenolic OH excluding ortho intramolecular Hbond substituents is 1. The Balaban J connectivity index is 1.38. The number of phenols is 1. The number of esters is 1. The van der Waals surface area contributed by atoms with Crippen LogP contribution in [0.2, 0.25) is 0 Å². The molecule has 0 spiro atoms. The summed E-state index contributed by atoms with van der Waals surface area (Å²) in [7, 11) is 3.27. The zero-order valence-electron chi connectivity index (χ0n) is 35.2. The van der Waals surface area contributed by atoms with Gasteiger partial charge < -0.3 is 34.3 Å². The second kappa shape index (κ2) is 17.0. The monoisotopic (exact) mass is 807 g/mol. The maximum atomic E-state index is 14.4. The van der Waals surface area contributed by atoms with Crippen LogP contribution in [0.3, 0.4) is 0 Å². The molecular formula is C45H57N7O7. The molecule has 14 nitrogen and oxygen atoms in total. The van der Waals surface area contributed by atoms with Crippen molar-refractivity contribution in [3.8, 4) is 28.1 Å². The van der Waals surface area contributed by atoms with Gasteiger partial charge in [0, 0.05) is 74.8 Å². The second-order valence-electron chi connectivity index (χ2n) is 17.3. The van der Waals surface area contributed by atoms with E-state index in [2.05, 4.69) is 59.2 Å². The molecule has 3 N–H and O–H groups in total. The molecule has 1 unspecified atom stereocenters. The van der Waals surface area contributed by atoms with Gasteiger partial charge >= 0.3 is 5.97 Å². The summed E-state index contributed by atoms with van der Waals surface area (Å²) in [4.78, 5) is 62.2. The van der Waals surface area contributed by atoms with Gasteiger partial charge in [0.2, 0.25) is 12.3 Å². The molecule has 3 aliphatic rings. The fourth-order valence-corrected chi connectivity index (χ4v) is 8.89. The summed E-state index contributed by atoms with van der Waals surface area (Å²) in [6.07, 6.45) is 4.18. The van der Waals surface area contributed by atoms with Crippen LogP contribution in [0.25, 0.3) is 33.3 Å². The number of aromatic hydroxyl groups is 1. The van der Waals surface area contributed by atoms with Gasteiger partial charge in [0.15, 0.2) is 0 Å². The van der Waals surface area contributed by atoms with Crippen LogP contribution >= 0.6 is 0 Å². The highest BCUT2D eigenvalue weighted by Crippen LogP contribution is 2.43. The van der Waals surface area contributed by atoms with Crippen LogP contribution in [0.15, 0.2) is 54.7 Å². The zero-order valence-corrected chi connectivity index (χ0v) is 35.2. The first-order valence-corrected chi connectivity index (χ1v) is 20.6. The van der Waals surface area contributed by atoms with Crippen molar-refractivity contribution in [2.75, 3.05) is 45.3 Å². The number of nitrogens with zero attached hydrogens (tertiary/aromatic N) is 5. The zero-order chi connectivity index (χ0) is 42.2. The molecule has 59 heavy (non-hydrogen) atoms. The number of nitrogens with one attached hydrogen (secondary N) is 2. The highest BCUT2D eigenvalue weighted by atomic mass is 16.5. The van der Waals surface area contributed by atoms with Crippen molar-refractivity contribution >= 4 is 40.9 Å². The van der Waals surface area contributed by atoms with E-state index in [4.69, 9.17) is 14.5 Å². The van der Waals surface area contributed by atoms with E-state index < -0.39 is 41.3 Å². The molecule has 0 radical (unpaired) electrons. The highest BCUT2D eigenvalue weighted by molar-refractivity contribution is 5.97. The number of hydrogen-bond acceptors (Lipinski definition) is 10. The number of cyclic esters (lactones) is 1. The molecule has 0 saturated carbocycles. The SMILES string of the molecule is CCn1c(-c2cccnc2N2CC(OC)C2)c2c3cc(ccc31)-c1cc(O)cc(c1)C[C@H](NC(=O)C(C(C)C)N(C)C=O)C(=O)N1CCC[C@H](N1)C(=O)OCC(C)(C)C2. The summed E-state index contributed by atoms with van der Waals surface area (Å²) < 4.78 is 14.0. The number of aromatic nitrogens is 2. The Bertz CT molecular complexity index is 2230. The number of pyridine rings is 1. The number of hydrogen-bond donors (Lipinski definition) is 3. The number of hydrazine groups is 1. The summed E-state index contributed by atoms with van der Waals surface area (Å²) in [6, 6.07) is 12.9. The maximum absolute atomic E-state index is 14.4. The lowest BCUT2D eigenvalue weighted by Gasteiger charge is -2.40. The normalized spacial score (nSPS) is 20.5. The van der Waals surface area contributed by atoms with E-state index in [0.29, 0.717) is 44.3 Å². The molecule has 6 bridgehead atoms.